The van der Waals surface area contributed by atoms with Gasteiger partial charge in [0.1, 0.15) is 6.10 Å². The fraction of sp³-hybridized carbons (Fsp3) is 0.562. The summed E-state index contributed by atoms with van der Waals surface area (Å²) in [5, 5.41) is 2.67. The number of rotatable bonds is 4. The van der Waals surface area contributed by atoms with Gasteiger partial charge in [-0.1, -0.05) is 44.2 Å². The Morgan fingerprint density at radius 1 is 1.35 bits per heavy atom. The van der Waals surface area contributed by atoms with E-state index in [0.29, 0.717) is 25.1 Å². The molecule has 0 saturated carbocycles. The zero-order valence-electron chi connectivity index (χ0n) is 12.5. The monoisotopic (exact) mass is 276 g/mol. The Hall–Kier alpha value is -1.39. The Kier molecular flexibility index (Phi) is 5.15. The number of amides is 1. The molecule has 1 N–H and O–H groups in total. The van der Waals surface area contributed by atoms with Crippen molar-refractivity contribution in [3.05, 3.63) is 35.9 Å². The predicted molar refractivity (Wildman–Crippen MR) is 79.4 cm³/mol. The van der Waals surface area contributed by atoms with Crippen LogP contribution in [-0.2, 0) is 9.53 Å². The molecular formula is C16H24N2O2. The van der Waals surface area contributed by atoms with Gasteiger partial charge in [-0.25, -0.2) is 0 Å². The molecule has 4 heteroatoms. The largest absolute Gasteiger partial charge is 0.366 e. The number of likely N-dealkylation sites (N-methyl/N-ethyl adjacent to an activating group) is 1. The maximum atomic E-state index is 11.8. The van der Waals surface area contributed by atoms with Crippen molar-refractivity contribution in [3.8, 4) is 0 Å². The molecule has 0 unspecified atom stereocenters. The third-order valence-corrected chi connectivity index (χ3v) is 3.80. The summed E-state index contributed by atoms with van der Waals surface area (Å²) in [6.07, 6.45) is -0.362. The number of nitrogens with zero attached hydrogens (tertiary/aromatic N) is 1. The quantitative estimate of drug-likeness (QED) is 0.912. The predicted octanol–water partition coefficient (Wildman–Crippen LogP) is 1.83. The number of morpholine rings is 1. The number of hydrogen-bond donors (Lipinski definition) is 1. The van der Waals surface area contributed by atoms with Crippen molar-refractivity contribution >= 4 is 5.91 Å². The van der Waals surface area contributed by atoms with Crippen molar-refractivity contribution in [3.63, 3.8) is 0 Å². The summed E-state index contributed by atoms with van der Waals surface area (Å²) < 4.78 is 5.57. The molecule has 1 fully saturated rings. The second-order valence-corrected chi connectivity index (χ2v) is 5.57. The fourth-order valence-corrected chi connectivity index (χ4v) is 2.91. The highest BCUT2D eigenvalue weighted by Crippen LogP contribution is 2.29. The average molecular weight is 276 g/mol. The smallest absolute Gasteiger partial charge is 0.250 e. The molecule has 2 rings (SSSR count). The third-order valence-electron chi connectivity index (χ3n) is 3.80. The van der Waals surface area contributed by atoms with E-state index in [1.807, 2.05) is 6.07 Å². The van der Waals surface area contributed by atoms with Crippen LogP contribution in [0.15, 0.2) is 30.3 Å². The normalized spacial score (nSPS) is 21.7. The summed E-state index contributed by atoms with van der Waals surface area (Å²) >= 11 is 0. The van der Waals surface area contributed by atoms with Gasteiger partial charge in [0.15, 0.2) is 0 Å². The first kappa shape index (κ1) is 15.0. The minimum atomic E-state index is -0.362. The first-order chi connectivity index (χ1) is 9.63. The molecule has 20 heavy (non-hydrogen) atoms. The first-order valence-corrected chi connectivity index (χ1v) is 7.25. The molecule has 1 aliphatic heterocycles. The van der Waals surface area contributed by atoms with E-state index >= 15 is 0 Å². The summed E-state index contributed by atoms with van der Waals surface area (Å²) in [4.78, 5) is 14.1. The van der Waals surface area contributed by atoms with E-state index in [2.05, 4.69) is 48.3 Å². The third kappa shape index (κ3) is 3.38. The maximum absolute atomic E-state index is 11.8. The highest BCUT2D eigenvalue weighted by atomic mass is 16.5. The molecular weight excluding hydrogens is 252 g/mol. The molecule has 1 amide bonds. The molecule has 1 heterocycles. The van der Waals surface area contributed by atoms with Gasteiger partial charge in [0.2, 0.25) is 5.91 Å². The highest BCUT2D eigenvalue weighted by molar-refractivity contribution is 5.80. The van der Waals surface area contributed by atoms with Crippen LogP contribution >= 0.6 is 0 Å². The van der Waals surface area contributed by atoms with Crippen LogP contribution in [0.5, 0.6) is 0 Å². The van der Waals surface area contributed by atoms with Gasteiger partial charge >= 0.3 is 0 Å². The Morgan fingerprint density at radius 3 is 2.65 bits per heavy atom. The second kappa shape index (κ2) is 6.86. The van der Waals surface area contributed by atoms with Gasteiger partial charge in [-0.2, -0.15) is 0 Å². The lowest BCUT2D eigenvalue weighted by atomic mass is 9.93. The number of benzene rings is 1. The lowest BCUT2D eigenvalue weighted by Crippen LogP contribution is -2.50. The van der Waals surface area contributed by atoms with Crippen molar-refractivity contribution in [1.29, 1.82) is 0 Å². The molecule has 0 radical (unpaired) electrons. The van der Waals surface area contributed by atoms with Gasteiger partial charge in [-0.05, 0) is 11.5 Å². The Labute approximate surface area is 121 Å². The standard InChI is InChI=1S/C16H24N2O2/c1-12(2)15(13-7-5-4-6-8-13)18-9-10-20-14(11-18)16(19)17-3/h4-8,12,14-15H,9-11H2,1-3H3,(H,17,19)/t14-,15-/m0/s1. The molecule has 0 aromatic heterocycles. The number of carbonyl (C=O) groups excluding carboxylic acids is 1. The lowest BCUT2D eigenvalue weighted by Gasteiger charge is -2.39. The Morgan fingerprint density at radius 2 is 2.05 bits per heavy atom. The van der Waals surface area contributed by atoms with Gasteiger partial charge < -0.3 is 10.1 Å². The van der Waals surface area contributed by atoms with Crippen LogP contribution in [0.1, 0.15) is 25.5 Å². The van der Waals surface area contributed by atoms with Crippen molar-refractivity contribution in [2.45, 2.75) is 26.0 Å². The molecule has 110 valence electrons. The van der Waals surface area contributed by atoms with E-state index in [0.717, 1.165) is 6.54 Å². The molecule has 0 spiro atoms. The Balaban J connectivity index is 2.16. The lowest BCUT2D eigenvalue weighted by molar-refractivity contribution is -0.139. The molecule has 0 bridgehead atoms. The van der Waals surface area contributed by atoms with Crippen molar-refractivity contribution in [1.82, 2.24) is 10.2 Å². The van der Waals surface area contributed by atoms with E-state index in [1.54, 1.807) is 7.05 Å². The molecule has 4 nitrogen and oxygen atoms in total. The second-order valence-electron chi connectivity index (χ2n) is 5.57. The summed E-state index contributed by atoms with van der Waals surface area (Å²) in [5.74, 6) is 0.450. The van der Waals surface area contributed by atoms with Crippen molar-refractivity contribution in [2.75, 3.05) is 26.7 Å². The van der Waals surface area contributed by atoms with Crippen molar-refractivity contribution in [2.24, 2.45) is 5.92 Å². The van der Waals surface area contributed by atoms with Gasteiger partial charge in [-0.15, -0.1) is 0 Å². The van der Waals surface area contributed by atoms with Gasteiger partial charge in [0.05, 0.1) is 6.61 Å². The zero-order valence-corrected chi connectivity index (χ0v) is 12.5. The summed E-state index contributed by atoms with van der Waals surface area (Å²) in [7, 11) is 1.65. The first-order valence-electron chi connectivity index (χ1n) is 7.25. The number of nitrogens with one attached hydrogen (secondary N) is 1. The number of hydrogen-bond acceptors (Lipinski definition) is 3. The highest BCUT2D eigenvalue weighted by Gasteiger charge is 2.32. The topological polar surface area (TPSA) is 41.6 Å². The van der Waals surface area contributed by atoms with Gasteiger partial charge in [0, 0.05) is 26.2 Å². The molecule has 1 aromatic carbocycles. The van der Waals surface area contributed by atoms with E-state index < -0.39 is 0 Å². The van der Waals surface area contributed by atoms with Crippen LogP contribution in [0.3, 0.4) is 0 Å². The molecule has 2 atom stereocenters. The summed E-state index contributed by atoms with van der Waals surface area (Å²) in [6, 6.07) is 10.8. The summed E-state index contributed by atoms with van der Waals surface area (Å²) in [5.41, 5.74) is 1.31. The molecule has 1 aliphatic rings. The van der Waals surface area contributed by atoms with E-state index in [-0.39, 0.29) is 12.0 Å². The van der Waals surface area contributed by atoms with Crippen molar-refractivity contribution < 1.29 is 9.53 Å². The minimum Gasteiger partial charge on any atom is -0.366 e. The van der Waals surface area contributed by atoms with E-state index in [1.165, 1.54) is 5.56 Å². The van der Waals surface area contributed by atoms with Crippen LogP contribution in [0.25, 0.3) is 0 Å². The summed E-state index contributed by atoms with van der Waals surface area (Å²) in [6.45, 7) is 6.57. The van der Waals surface area contributed by atoms with Crippen LogP contribution in [0, 0.1) is 5.92 Å². The van der Waals surface area contributed by atoms with Crippen LogP contribution < -0.4 is 5.32 Å². The van der Waals surface area contributed by atoms with Crippen LogP contribution in [-0.4, -0.2) is 43.7 Å². The average Bonchev–Trinajstić information content (AvgIpc) is 2.47. The van der Waals surface area contributed by atoms with Crippen LogP contribution in [0.2, 0.25) is 0 Å². The van der Waals surface area contributed by atoms with E-state index in [4.69, 9.17) is 4.74 Å². The maximum Gasteiger partial charge on any atom is 0.250 e. The molecule has 0 aliphatic carbocycles. The fourth-order valence-electron chi connectivity index (χ4n) is 2.91. The SMILES string of the molecule is CNC(=O)[C@@H]1CN([C@H](c2ccccc2)C(C)C)CCO1. The van der Waals surface area contributed by atoms with Gasteiger partial charge in [0.25, 0.3) is 0 Å². The minimum absolute atomic E-state index is 0.0368. The van der Waals surface area contributed by atoms with E-state index in [9.17, 15) is 4.79 Å². The van der Waals surface area contributed by atoms with Crippen LogP contribution in [0.4, 0.5) is 0 Å². The number of carbonyl (C=O) groups is 1. The van der Waals surface area contributed by atoms with Gasteiger partial charge in [-0.3, -0.25) is 9.69 Å². The molecule has 1 saturated heterocycles. The zero-order chi connectivity index (χ0) is 14.5. The Bertz CT molecular complexity index is 433. The molecule has 1 aromatic rings. The number of ether oxygens (including phenoxy) is 1.